The van der Waals surface area contributed by atoms with Crippen LogP contribution in [-0.2, 0) is 4.79 Å². The van der Waals surface area contributed by atoms with E-state index in [9.17, 15) is 29.6 Å². The van der Waals surface area contributed by atoms with Crippen molar-refractivity contribution in [1.82, 2.24) is 0 Å². The Bertz CT molecular complexity index is 1280. The van der Waals surface area contributed by atoms with Crippen LogP contribution in [0.3, 0.4) is 0 Å². The van der Waals surface area contributed by atoms with Crippen LogP contribution in [0.2, 0.25) is 0 Å². The Labute approximate surface area is 197 Å². The highest BCUT2D eigenvalue weighted by atomic mass is 32.2. The molecule has 0 spiro atoms. The summed E-state index contributed by atoms with van der Waals surface area (Å²) in [5.74, 6) is -2.63. The third-order valence-corrected chi connectivity index (χ3v) is 5.68. The van der Waals surface area contributed by atoms with E-state index in [1.165, 1.54) is 48.2 Å². The van der Waals surface area contributed by atoms with Gasteiger partial charge < -0.3 is 20.8 Å². The quantitative estimate of drug-likeness (QED) is 0.160. The molecule has 0 aliphatic heterocycles. The Kier molecular flexibility index (Phi) is 7.49. The number of hydrogen-bond donors (Lipinski definition) is 4. The van der Waals surface area contributed by atoms with Crippen LogP contribution in [0.15, 0.2) is 71.6 Å². The van der Waals surface area contributed by atoms with Gasteiger partial charge in [-0.3, -0.25) is 19.7 Å². The summed E-state index contributed by atoms with van der Waals surface area (Å²) >= 11 is 1.21. The molecule has 10 nitrogen and oxygen atoms in total. The number of carboxylic acid groups (broad SMARTS) is 1. The maximum Gasteiger partial charge on any atom is 0.339 e. The van der Waals surface area contributed by atoms with Crippen molar-refractivity contribution in [1.29, 1.82) is 0 Å². The number of carboxylic acids is 1. The van der Waals surface area contributed by atoms with E-state index in [1.807, 2.05) is 0 Å². The van der Waals surface area contributed by atoms with Crippen LogP contribution >= 0.6 is 11.8 Å². The van der Waals surface area contributed by atoms with Gasteiger partial charge in [-0.1, -0.05) is 12.1 Å². The van der Waals surface area contributed by atoms with E-state index in [1.54, 1.807) is 31.2 Å². The Morgan fingerprint density at radius 1 is 0.971 bits per heavy atom. The van der Waals surface area contributed by atoms with Gasteiger partial charge in [0.25, 0.3) is 11.6 Å². The number of carbonyl (C=O) groups excluding carboxylic acids is 2. The summed E-state index contributed by atoms with van der Waals surface area (Å²) in [5.41, 5.74) is 0.283. The smallest absolute Gasteiger partial charge is 0.339 e. The van der Waals surface area contributed by atoms with Crippen molar-refractivity contribution in [2.45, 2.75) is 17.1 Å². The molecule has 2 amide bonds. The fourth-order valence-electron chi connectivity index (χ4n) is 2.90. The van der Waals surface area contributed by atoms with Crippen LogP contribution in [-0.4, -0.2) is 38.2 Å². The van der Waals surface area contributed by atoms with Crippen molar-refractivity contribution in [3.63, 3.8) is 0 Å². The van der Waals surface area contributed by atoms with Crippen LogP contribution in [0.1, 0.15) is 27.6 Å². The van der Waals surface area contributed by atoms with E-state index in [-0.39, 0.29) is 22.5 Å². The van der Waals surface area contributed by atoms with Crippen molar-refractivity contribution in [3.8, 4) is 5.75 Å². The SMILES string of the molecule is CC(Sc1cccc(NC(=O)c2cccc([N+](=O)[O-])c2)c1)C(=O)Nc1ccc(O)c(C(=O)O)c1. The van der Waals surface area contributed by atoms with Gasteiger partial charge in [-0.25, -0.2) is 4.79 Å². The number of nitrogens with one attached hydrogen (secondary N) is 2. The topological polar surface area (TPSA) is 159 Å². The standard InChI is InChI=1S/C23H19N3O7S/c1-13(21(28)24-16-8-9-20(27)19(12-16)23(30)31)34-18-7-3-5-15(11-18)25-22(29)14-4-2-6-17(10-14)26(32)33/h2-13,27H,1H3,(H,24,28)(H,25,29)(H,30,31). The number of carbonyl (C=O) groups is 3. The number of non-ortho nitro benzene ring substituents is 1. The number of nitrogens with zero attached hydrogens (tertiary/aromatic N) is 1. The molecule has 0 fully saturated rings. The van der Waals surface area contributed by atoms with Crippen LogP contribution in [0.25, 0.3) is 0 Å². The normalized spacial score (nSPS) is 11.3. The molecule has 11 heteroatoms. The summed E-state index contributed by atoms with van der Waals surface area (Å²) in [7, 11) is 0. The molecule has 3 aromatic rings. The van der Waals surface area contributed by atoms with Crippen molar-refractivity contribution >= 4 is 46.6 Å². The second-order valence-corrected chi connectivity index (χ2v) is 8.49. The highest BCUT2D eigenvalue weighted by Gasteiger charge is 2.17. The first-order valence-corrected chi connectivity index (χ1v) is 10.7. The van der Waals surface area contributed by atoms with E-state index in [0.29, 0.717) is 10.6 Å². The van der Waals surface area contributed by atoms with Gasteiger partial charge >= 0.3 is 5.97 Å². The highest BCUT2D eigenvalue weighted by molar-refractivity contribution is 8.00. The molecule has 0 saturated carbocycles. The van der Waals surface area contributed by atoms with Crippen molar-refractivity contribution in [2.24, 2.45) is 0 Å². The average molecular weight is 481 g/mol. The second kappa shape index (κ2) is 10.5. The monoisotopic (exact) mass is 481 g/mol. The fourth-order valence-corrected chi connectivity index (χ4v) is 3.82. The predicted octanol–water partition coefficient (Wildman–Crippen LogP) is 4.37. The first-order chi connectivity index (χ1) is 16.1. The number of hydrogen-bond acceptors (Lipinski definition) is 7. The zero-order valence-corrected chi connectivity index (χ0v) is 18.5. The molecular formula is C23H19N3O7S. The number of aromatic hydroxyl groups is 1. The molecule has 0 heterocycles. The molecule has 1 atom stereocenters. The Hall–Kier alpha value is -4.38. The van der Waals surface area contributed by atoms with E-state index in [0.717, 1.165) is 6.07 Å². The van der Waals surface area contributed by atoms with Gasteiger partial charge in [0, 0.05) is 34.0 Å². The molecule has 0 aliphatic rings. The molecule has 34 heavy (non-hydrogen) atoms. The lowest BCUT2D eigenvalue weighted by molar-refractivity contribution is -0.384. The lowest BCUT2D eigenvalue weighted by Crippen LogP contribution is -2.22. The first kappa shape index (κ1) is 24.3. The molecule has 3 aromatic carbocycles. The minimum absolute atomic E-state index is 0.134. The molecule has 0 bridgehead atoms. The third-order valence-electron chi connectivity index (χ3n) is 4.59. The molecular weight excluding hydrogens is 462 g/mol. The molecule has 1 unspecified atom stereocenters. The van der Waals surface area contributed by atoms with E-state index < -0.39 is 33.7 Å². The third kappa shape index (κ3) is 6.11. The molecule has 174 valence electrons. The number of anilines is 2. The van der Waals surface area contributed by atoms with E-state index in [2.05, 4.69) is 10.6 Å². The van der Waals surface area contributed by atoms with Crippen molar-refractivity contribution in [2.75, 3.05) is 10.6 Å². The van der Waals surface area contributed by atoms with Crippen molar-refractivity contribution < 1.29 is 29.5 Å². The molecule has 0 aromatic heterocycles. The Morgan fingerprint density at radius 2 is 1.68 bits per heavy atom. The number of benzene rings is 3. The summed E-state index contributed by atoms with van der Waals surface area (Å²) < 4.78 is 0. The number of amides is 2. The van der Waals surface area contributed by atoms with Crippen LogP contribution in [0.4, 0.5) is 17.1 Å². The van der Waals surface area contributed by atoms with Gasteiger partial charge in [0.15, 0.2) is 0 Å². The van der Waals surface area contributed by atoms with Crippen molar-refractivity contribution in [3.05, 3.63) is 88.0 Å². The van der Waals surface area contributed by atoms with Gasteiger partial charge in [0.05, 0.1) is 10.2 Å². The second-order valence-electron chi connectivity index (χ2n) is 7.08. The fraction of sp³-hybridized carbons (Fsp3) is 0.0870. The Balaban J connectivity index is 1.65. The summed E-state index contributed by atoms with van der Waals surface area (Å²) in [6.45, 7) is 1.66. The Morgan fingerprint density at radius 3 is 2.38 bits per heavy atom. The van der Waals surface area contributed by atoms with Gasteiger partial charge in [0.2, 0.25) is 5.91 Å². The molecule has 3 rings (SSSR count). The highest BCUT2D eigenvalue weighted by Crippen LogP contribution is 2.28. The van der Waals surface area contributed by atoms with E-state index in [4.69, 9.17) is 5.11 Å². The lowest BCUT2D eigenvalue weighted by atomic mass is 10.2. The number of rotatable bonds is 8. The zero-order chi connectivity index (χ0) is 24.8. The largest absolute Gasteiger partial charge is 0.507 e. The number of nitro groups is 1. The molecule has 0 saturated heterocycles. The minimum atomic E-state index is -1.32. The van der Waals surface area contributed by atoms with Gasteiger partial charge in [0.1, 0.15) is 11.3 Å². The van der Waals surface area contributed by atoms with Crippen LogP contribution in [0, 0.1) is 10.1 Å². The van der Waals surface area contributed by atoms with Crippen LogP contribution < -0.4 is 10.6 Å². The molecule has 0 radical (unpaired) electrons. The zero-order valence-electron chi connectivity index (χ0n) is 17.7. The molecule has 4 N–H and O–H groups in total. The first-order valence-electron chi connectivity index (χ1n) is 9.83. The molecule has 0 aliphatic carbocycles. The maximum atomic E-state index is 12.6. The summed E-state index contributed by atoms with van der Waals surface area (Å²) in [6.07, 6.45) is 0. The number of nitro benzene ring substituents is 1. The average Bonchev–Trinajstić information content (AvgIpc) is 2.80. The van der Waals surface area contributed by atoms with Gasteiger partial charge in [-0.2, -0.15) is 0 Å². The number of phenols is 1. The van der Waals surface area contributed by atoms with Crippen LogP contribution in [0.5, 0.6) is 5.75 Å². The maximum absolute atomic E-state index is 12.6. The summed E-state index contributed by atoms with van der Waals surface area (Å²) in [6, 6.07) is 15.8. The number of aromatic carboxylic acids is 1. The predicted molar refractivity (Wildman–Crippen MR) is 127 cm³/mol. The minimum Gasteiger partial charge on any atom is -0.507 e. The number of thioether (sulfide) groups is 1. The summed E-state index contributed by atoms with van der Waals surface area (Å²) in [4.78, 5) is 47.2. The summed E-state index contributed by atoms with van der Waals surface area (Å²) in [5, 5.41) is 34.3. The van der Waals surface area contributed by atoms with E-state index >= 15 is 0 Å². The van der Waals surface area contributed by atoms with Gasteiger partial charge in [-0.15, -0.1) is 11.8 Å². The van der Waals surface area contributed by atoms with Gasteiger partial charge in [-0.05, 0) is 49.4 Å². The lowest BCUT2D eigenvalue weighted by Gasteiger charge is -2.13.